The molecular weight excluding hydrogens is 380 g/mol. The topological polar surface area (TPSA) is 92.2 Å². The molecule has 160 valence electrons. The molecule has 4 rings (SSSR count). The molecule has 2 heterocycles. The van der Waals surface area contributed by atoms with Crippen LogP contribution in [0.2, 0.25) is 0 Å². The number of nitrogens with one attached hydrogen (secondary N) is 2. The first kappa shape index (κ1) is 20.4. The summed E-state index contributed by atoms with van der Waals surface area (Å²) in [6, 6.07) is 10.7. The maximum atomic E-state index is 12.7. The lowest BCUT2D eigenvalue weighted by atomic mass is 10.00. The lowest BCUT2D eigenvalue weighted by Gasteiger charge is -2.35. The summed E-state index contributed by atoms with van der Waals surface area (Å²) in [6.45, 7) is 2.06. The van der Waals surface area contributed by atoms with Crippen LogP contribution >= 0.6 is 0 Å². The monoisotopic (exact) mass is 410 g/mol. The zero-order chi connectivity index (χ0) is 20.8. The van der Waals surface area contributed by atoms with Gasteiger partial charge >= 0.3 is 6.03 Å². The Bertz CT molecular complexity index is 848. The summed E-state index contributed by atoms with van der Waals surface area (Å²) in [7, 11) is 0. The quantitative estimate of drug-likeness (QED) is 0.699. The molecular formula is C22H30N6O2. The van der Waals surface area contributed by atoms with E-state index in [1.54, 1.807) is 10.9 Å². The van der Waals surface area contributed by atoms with E-state index in [-0.39, 0.29) is 18.0 Å². The summed E-state index contributed by atoms with van der Waals surface area (Å²) in [6.07, 6.45) is 8.59. The Kier molecular flexibility index (Phi) is 6.61. The molecule has 0 radical (unpaired) electrons. The molecule has 2 aromatic rings. The van der Waals surface area contributed by atoms with Crippen LogP contribution in [0.15, 0.2) is 36.5 Å². The Balaban J connectivity index is 1.25. The number of nitrogens with zero attached hydrogens (tertiary/aromatic N) is 4. The van der Waals surface area contributed by atoms with Gasteiger partial charge in [0.15, 0.2) is 5.69 Å². The summed E-state index contributed by atoms with van der Waals surface area (Å²) >= 11 is 0. The van der Waals surface area contributed by atoms with E-state index in [1.165, 1.54) is 5.56 Å². The van der Waals surface area contributed by atoms with E-state index in [1.807, 2.05) is 23.1 Å². The molecule has 1 saturated carbocycles. The number of urea groups is 1. The van der Waals surface area contributed by atoms with Gasteiger partial charge in [0.1, 0.15) is 0 Å². The highest BCUT2D eigenvalue weighted by molar-refractivity contribution is 5.92. The highest BCUT2D eigenvalue weighted by atomic mass is 16.2. The van der Waals surface area contributed by atoms with Gasteiger partial charge in [-0.3, -0.25) is 9.48 Å². The number of aromatic nitrogens is 3. The lowest BCUT2D eigenvalue weighted by molar-refractivity contribution is 0.0946. The van der Waals surface area contributed by atoms with Gasteiger partial charge in [0, 0.05) is 31.7 Å². The molecule has 2 aliphatic rings. The number of hydrogen-bond acceptors (Lipinski definition) is 4. The molecule has 3 amide bonds. The van der Waals surface area contributed by atoms with Crippen LogP contribution in [0, 0.1) is 0 Å². The predicted molar refractivity (Wildman–Crippen MR) is 113 cm³/mol. The molecule has 1 aliphatic carbocycles. The SMILES string of the molecule is O=C(NC1CC1)c1cn(CCC2CCCCN2C(=O)NCCc2ccccc2)nn1. The van der Waals surface area contributed by atoms with Gasteiger partial charge in [-0.15, -0.1) is 5.10 Å². The summed E-state index contributed by atoms with van der Waals surface area (Å²) < 4.78 is 1.71. The van der Waals surface area contributed by atoms with Crippen LogP contribution in [-0.2, 0) is 13.0 Å². The van der Waals surface area contributed by atoms with Crippen molar-refractivity contribution in [3.8, 4) is 0 Å². The molecule has 1 saturated heterocycles. The van der Waals surface area contributed by atoms with E-state index in [4.69, 9.17) is 0 Å². The van der Waals surface area contributed by atoms with Crippen molar-refractivity contribution in [2.45, 2.75) is 63.6 Å². The van der Waals surface area contributed by atoms with Crippen LogP contribution in [0.5, 0.6) is 0 Å². The third-order valence-electron chi connectivity index (χ3n) is 5.80. The Morgan fingerprint density at radius 1 is 1.10 bits per heavy atom. The van der Waals surface area contributed by atoms with Gasteiger partial charge in [-0.05, 0) is 50.5 Å². The molecule has 1 aromatic carbocycles. The van der Waals surface area contributed by atoms with Crippen molar-refractivity contribution in [2.75, 3.05) is 13.1 Å². The molecule has 1 atom stereocenters. The summed E-state index contributed by atoms with van der Waals surface area (Å²) in [4.78, 5) is 26.8. The van der Waals surface area contributed by atoms with Crippen molar-refractivity contribution in [3.05, 3.63) is 47.8 Å². The van der Waals surface area contributed by atoms with E-state index in [9.17, 15) is 9.59 Å². The van der Waals surface area contributed by atoms with Crippen molar-refractivity contribution >= 4 is 11.9 Å². The van der Waals surface area contributed by atoms with Gasteiger partial charge < -0.3 is 15.5 Å². The predicted octanol–water partition coefficient (Wildman–Crippen LogP) is 2.37. The number of piperidine rings is 1. The van der Waals surface area contributed by atoms with Gasteiger partial charge in [0.2, 0.25) is 0 Å². The number of rotatable bonds is 8. The highest BCUT2D eigenvalue weighted by Gasteiger charge is 2.27. The standard InChI is InChI=1S/C22H30N6O2/c29-21(24-18-9-10-18)20-16-27(26-25-20)15-12-19-8-4-5-14-28(19)22(30)23-13-11-17-6-2-1-3-7-17/h1-3,6-7,16,18-19H,4-5,8-15H2,(H,23,30)(H,24,29). The lowest BCUT2D eigenvalue weighted by Crippen LogP contribution is -2.49. The zero-order valence-electron chi connectivity index (χ0n) is 17.3. The second kappa shape index (κ2) is 9.73. The van der Waals surface area contributed by atoms with Crippen LogP contribution in [0.3, 0.4) is 0 Å². The van der Waals surface area contributed by atoms with E-state index in [0.29, 0.717) is 24.8 Å². The molecule has 30 heavy (non-hydrogen) atoms. The van der Waals surface area contributed by atoms with Crippen molar-refractivity contribution < 1.29 is 9.59 Å². The zero-order valence-corrected chi connectivity index (χ0v) is 17.3. The largest absolute Gasteiger partial charge is 0.348 e. The highest BCUT2D eigenvalue weighted by Crippen LogP contribution is 2.21. The van der Waals surface area contributed by atoms with Crippen molar-refractivity contribution in [1.82, 2.24) is 30.5 Å². The van der Waals surface area contributed by atoms with E-state index in [2.05, 4.69) is 33.1 Å². The Hall–Kier alpha value is -2.90. The summed E-state index contributed by atoms with van der Waals surface area (Å²) in [5, 5.41) is 14.1. The number of benzene rings is 1. The van der Waals surface area contributed by atoms with Gasteiger partial charge in [-0.1, -0.05) is 35.5 Å². The minimum Gasteiger partial charge on any atom is -0.348 e. The third kappa shape index (κ3) is 5.58. The van der Waals surface area contributed by atoms with Crippen LogP contribution < -0.4 is 10.6 Å². The molecule has 8 nitrogen and oxygen atoms in total. The summed E-state index contributed by atoms with van der Waals surface area (Å²) in [5.74, 6) is -0.152. The number of amides is 3. The number of likely N-dealkylation sites (tertiary alicyclic amines) is 1. The molecule has 1 unspecified atom stereocenters. The molecule has 1 aromatic heterocycles. The summed E-state index contributed by atoms with van der Waals surface area (Å²) in [5.41, 5.74) is 1.58. The molecule has 1 aliphatic heterocycles. The second-order valence-corrected chi connectivity index (χ2v) is 8.21. The van der Waals surface area contributed by atoms with Crippen molar-refractivity contribution in [3.63, 3.8) is 0 Å². The van der Waals surface area contributed by atoms with Gasteiger partial charge in [0.05, 0.1) is 6.20 Å². The van der Waals surface area contributed by atoms with Gasteiger partial charge in [0.25, 0.3) is 5.91 Å². The molecule has 2 N–H and O–H groups in total. The van der Waals surface area contributed by atoms with Crippen LogP contribution in [-0.4, -0.2) is 57.0 Å². The maximum Gasteiger partial charge on any atom is 0.317 e. The third-order valence-corrected chi connectivity index (χ3v) is 5.80. The minimum atomic E-state index is -0.152. The Labute approximate surface area is 177 Å². The van der Waals surface area contributed by atoms with Crippen LogP contribution in [0.4, 0.5) is 4.79 Å². The second-order valence-electron chi connectivity index (χ2n) is 8.21. The normalized spacial score (nSPS) is 18.8. The van der Waals surface area contributed by atoms with E-state index in [0.717, 1.165) is 51.5 Å². The van der Waals surface area contributed by atoms with Crippen LogP contribution in [0.25, 0.3) is 0 Å². The molecule has 8 heteroatoms. The Morgan fingerprint density at radius 2 is 1.93 bits per heavy atom. The van der Waals surface area contributed by atoms with Gasteiger partial charge in [-0.25, -0.2) is 4.79 Å². The molecule has 2 fully saturated rings. The van der Waals surface area contributed by atoms with Crippen LogP contribution in [0.1, 0.15) is 54.6 Å². The first-order valence-corrected chi connectivity index (χ1v) is 11.0. The minimum absolute atomic E-state index is 0.0127. The number of carbonyl (C=O) groups excluding carboxylic acids is 2. The number of carbonyl (C=O) groups is 2. The molecule has 0 bridgehead atoms. The fourth-order valence-electron chi connectivity index (χ4n) is 3.91. The fourth-order valence-corrected chi connectivity index (χ4v) is 3.91. The Morgan fingerprint density at radius 3 is 2.73 bits per heavy atom. The smallest absolute Gasteiger partial charge is 0.317 e. The van der Waals surface area contributed by atoms with E-state index >= 15 is 0 Å². The first-order chi connectivity index (χ1) is 14.7. The van der Waals surface area contributed by atoms with Crippen molar-refractivity contribution in [1.29, 1.82) is 0 Å². The van der Waals surface area contributed by atoms with E-state index < -0.39 is 0 Å². The van der Waals surface area contributed by atoms with Crippen molar-refractivity contribution in [2.24, 2.45) is 0 Å². The molecule has 0 spiro atoms. The average molecular weight is 411 g/mol. The number of hydrogen-bond donors (Lipinski definition) is 2. The fraction of sp³-hybridized carbons (Fsp3) is 0.545. The number of aryl methyl sites for hydroxylation is 1. The average Bonchev–Trinajstić information content (AvgIpc) is 3.46. The van der Waals surface area contributed by atoms with Gasteiger partial charge in [-0.2, -0.15) is 0 Å². The first-order valence-electron chi connectivity index (χ1n) is 11.0. The maximum absolute atomic E-state index is 12.7.